The Morgan fingerprint density at radius 3 is 2.78 bits per heavy atom. The van der Waals surface area contributed by atoms with E-state index in [1.54, 1.807) is 0 Å². The summed E-state index contributed by atoms with van der Waals surface area (Å²) in [6, 6.07) is 17.2. The van der Waals surface area contributed by atoms with E-state index in [9.17, 15) is 5.11 Å². The molecule has 0 fully saturated rings. The van der Waals surface area contributed by atoms with E-state index < -0.39 is 0 Å². The molecular weight excluding hydrogens is 284 g/mol. The topological polar surface area (TPSA) is 35.5 Å². The number of benzene rings is 2. The minimum absolute atomic E-state index is 0.105. The van der Waals surface area contributed by atoms with Crippen LogP contribution in [-0.4, -0.2) is 29.6 Å². The number of hydrogen-bond acceptors (Lipinski definition) is 3. The van der Waals surface area contributed by atoms with Crippen LogP contribution >= 0.6 is 0 Å². The molecule has 1 heterocycles. The van der Waals surface area contributed by atoms with Gasteiger partial charge in [0.05, 0.1) is 6.61 Å². The molecule has 2 N–H and O–H groups in total. The Morgan fingerprint density at radius 1 is 1.13 bits per heavy atom. The van der Waals surface area contributed by atoms with E-state index in [1.165, 1.54) is 16.7 Å². The minimum atomic E-state index is 0.105. The predicted molar refractivity (Wildman–Crippen MR) is 94.2 cm³/mol. The molecule has 3 rings (SSSR count). The molecule has 0 radical (unpaired) electrons. The molecule has 0 saturated heterocycles. The SMILES string of the molecule is CC(NCCN1CCc2ccccc2C1)c1cccc(CO)c1. The van der Waals surface area contributed by atoms with Crippen LogP contribution in [0.5, 0.6) is 0 Å². The van der Waals surface area contributed by atoms with Gasteiger partial charge in [-0.25, -0.2) is 0 Å². The predicted octanol–water partition coefficient (Wildman–Crippen LogP) is 2.89. The molecule has 2 aromatic carbocycles. The van der Waals surface area contributed by atoms with Gasteiger partial charge in [-0.15, -0.1) is 0 Å². The number of nitrogens with one attached hydrogen (secondary N) is 1. The van der Waals surface area contributed by atoms with E-state index in [2.05, 4.69) is 53.5 Å². The second-order valence-corrected chi connectivity index (χ2v) is 6.37. The summed E-state index contributed by atoms with van der Waals surface area (Å²) in [7, 11) is 0. The third-order valence-corrected chi connectivity index (χ3v) is 4.72. The molecule has 122 valence electrons. The van der Waals surface area contributed by atoms with E-state index >= 15 is 0 Å². The quantitative estimate of drug-likeness (QED) is 0.861. The zero-order valence-electron chi connectivity index (χ0n) is 13.8. The van der Waals surface area contributed by atoms with Gasteiger partial charge in [0.1, 0.15) is 0 Å². The van der Waals surface area contributed by atoms with Gasteiger partial charge in [-0.05, 0) is 35.6 Å². The lowest BCUT2D eigenvalue weighted by Gasteiger charge is -2.29. The highest BCUT2D eigenvalue weighted by Crippen LogP contribution is 2.18. The molecule has 0 saturated carbocycles. The fourth-order valence-corrected chi connectivity index (χ4v) is 3.26. The number of hydrogen-bond donors (Lipinski definition) is 2. The van der Waals surface area contributed by atoms with Crippen LogP contribution in [0.3, 0.4) is 0 Å². The van der Waals surface area contributed by atoms with Crippen molar-refractivity contribution in [1.82, 2.24) is 10.2 Å². The maximum absolute atomic E-state index is 9.24. The van der Waals surface area contributed by atoms with Crippen LogP contribution in [0.15, 0.2) is 48.5 Å². The standard InChI is InChI=1S/C20H26N2O/c1-16(19-8-4-5-17(13-19)15-23)21-10-12-22-11-9-18-6-2-3-7-20(18)14-22/h2-8,13,16,21,23H,9-12,14-15H2,1H3. The van der Waals surface area contributed by atoms with E-state index in [1.807, 2.05) is 12.1 Å². The molecule has 0 spiro atoms. The van der Waals surface area contributed by atoms with Gasteiger partial charge in [-0.1, -0.05) is 48.5 Å². The summed E-state index contributed by atoms with van der Waals surface area (Å²) in [5, 5.41) is 12.8. The summed E-state index contributed by atoms with van der Waals surface area (Å²) in [6.07, 6.45) is 1.16. The molecular formula is C20H26N2O. The largest absolute Gasteiger partial charge is 0.392 e. The maximum atomic E-state index is 9.24. The van der Waals surface area contributed by atoms with Gasteiger partial charge in [0.25, 0.3) is 0 Å². The summed E-state index contributed by atoms with van der Waals surface area (Å²) >= 11 is 0. The van der Waals surface area contributed by atoms with Crippen molar-refractivity contribution >= 4 is 0 Å². The number of aliphatic hydroxyl groups excluding tert-OH is 1. The second kappa shape index (κ2) is 7.73. The van der Waals surface area contributed by atoms with E-state index in [4.69, 9.17) is 0 Å². The van der Waals surface area contributed by atoms with Gasteiger partial charge in [0.2, 0.25) is 0 Å². The van der Waals surface area contributed by atoms with Gasteiger partial charge in [0, 0.05) is 32.2 Å². The van der Waals surface area contributed by atoms with Gasteiger partial charge >= 0.3 is 0 Å². The van der Waals surface area contributed by atoms with Crippen molar-refractivity contribution in [3.8, 4) is 0 Å². The summed E-state index contributed by atoms with van der Waals surface area (Å²) in [5.41, 5.74) is 5.19. The lowest BCUT2D eigenvalue weighted by Crippen LogP contribution is -2.36. The number of fused-ring (bicyclic) bond motifs is 1. The van der Waals surface area contributed by atoms with Crippen LogP contribution in [0.4, 0.5) is 0 Å². The molecule has 0 aliphatic carbocycles. The van der Waals surface area contributed by atoms with Crippen LogP contribution in [-0.2, 0) is 19.6 Å². The lowest BCUT2D eigenvalue weighted by atomic mass is 10.00. The molecule has 0 bridgehead atoms. The van der Waals surface area contributed by atoms with Crippen molar-refractivity contribution in [2.24, 2.45) is 0 Å². The number of aliphatic hydroxyl groups is 1. The fraction of sp³-hybridized carbons (Fsp3) is 0.400. The van der Waals surface area contributed by atoms with Crippen LogP contribution in [0.1, 0.15) is 35.2 Å². The Bertz CT molecular complexity index is 641. The number of nitrogens with zero attached hydrogens (tertiary/aromatic N) is 1. The third kappa shape index (κ3) is 4.20. The van der Waals surface area contributed by atoms with Gasteiger partial charge in [-0.3, -0.25) is 4.90 Å². The van der Waals surface area contributed by atoms with Crippen molar-refractivity contribution in [1.29, 1.82) is 0 Å². The molecule has 0 amide bonds. The second-order valence-electron chi connectivity index (χ2n) is 6.37. The Labute approximate surface area is 139 Å². The Kier molecular flexibility index (Phi) is 5.44. The van der Waals surface area contributed by atoms with Crippen molar-refractivity contribution in [3.63, 3.8) is 0 Å². The lowest BCUT2D eigenvalue weighted by molar-refractivity contribution is 0.251. The van der Waals surface area contributed by atoms with Crippen molar-refractivity contribution in [3.05, 3.63) is 70.8 Å². The number of rotatable bonds is 6. The maximum Gasteiger partial charge on any atom is 0.0681 e. The first kappa shape index (κ1) is 16.2. The van der Waals surface area contributed by atoms with Gasteiger partial charge in [0.15, 0.2) is 0 Å². The first-order chi connectivity index (χ1) is 11.3. The highest BCUT2D eigenvalue weighted by molar-refractivity contribution is 5.29. The molecule has 0 aromatic heterocycles. The summed E-state index contributed by atoms with van der Waals surface area (Å²) in [5.74, 6) is 0. The van der Waals surface area contributed by atoms with Gasteiger partial charge < -0.3 is 10.4 Å². The average molecular weight is 310 g/mol. The molecule has 1 unspecified atom stereocenters. The van der Waals surface area contributed by atoms with Crippen LogP contribution in [0, 0.1) is 0 Å². The Morgan fingerprint density at radius 2 is 1.96 bits per heavy atom. The monoisotopic (exact) mass is 310 g/mol. The van der Waals surface area contributed by atoms with Crippen molar-refractivity contribution in [2.45, 2.75) is 32.5 Å². The first-order valence-electron chi connectivity index (χ1n) is 8.48. The van der Waals surface area contributed by atoms with E-state index in [0.29, 0.717) is 6.04 Å². The first-order valence-corrected chi connectivity index (χ1v) is 8.48. The minimum Gasteiger partial charge on any atom is -0.392 e. The molecule has 1 aliphatic heterocycles. The highest BCUT2D eigenvalue weighted by atomic mass is 16.3. The van der Waals surface area contributed by atoms with Crippen LogP contribution < -0.4 is 5.32 Å². The Hall–Kier alpha value is -1.68. The molecule has 3 nitrogen and oxygen atoms in total. The smallest absolute Gasteiger partial charge is 0.0681 e. The van der Waals surface area contributed by atoms with E-state index in [-0.39, 0.29) is 6.61 Å². The van der Waals surface area contributed by atoms with Crippen LogP contribution in [0.25, 0.3) is 0 Å². The Balaban J connectivity index is 1.48. The molecule has 3 heteroatoms. The van der Waals surface area contributed by atoms with Crippen molar-refractivity contribution in [2.75, 3.05) is 19.6 Å². The normalized spacial score (nSPS) is 16.1. The van der Waals surface area contributed by atoms with Gasteiger partial charge in [-0.2, -0.15) is 0 Å². The molecule has 23 heavy (non-hydrogen) atoms. The average Bonchev–Trinajstić information content (AvgIpc) is 2.61. The molecule has 1 atom stereocenters. The zero-order valence-corrected chi connectivity index (χ0v) is 13.8. The fourth-order valence-electron chi connectivity index (χ4n) is 3.26. The van der Waals surface area contributed by atoms with Crippen LogP contribution in [0.2, 0.25) is 0 Å². The molecule has 1 aliphatic rings. The van der Waals surface area contributed by atoms with E-state index in [0.717, 1.165) is 38.2 Å². The third-order valence-electron chi connectivity index (χ3n) is 4.72. The highest BCUT2D eigenvalue weighted by Gasteiger charge is 2.15. The summed E-state index contributed by atoms with van der Waals surface area (Å²) in [6.45, 7) is 6.54. The summed E-state index contributed by atoms with van der Waals surface area (Å²) in [4.78, 5) is 2.52. The van der Waals surface area contributed by atoms with Crippen molar-refractivity contribution < 1.29 is 5.11 Å². The summed E-state index contributed by atoms with van der Waals surface area (Å²) < 4.78 is 0. The molecule has 2 aromatic rings. The zero-order chi connectivity index (χ0) is 16.1.